The van der Waals surface area contributed by atoms with Crippen LogP contribution in [0.3, 0.4) is 0 Å². The second-order valence-electron chi connectivity index (χ2n) is 7.18. The number of amides is 1. The van der Waals surface area contributed by atoms with Crippen molar-refractivity contribution < 1.29 is 22.7 Å². The van der Waals surface area contributed by atoms with Crippen LogP contribution in [0.15, 0.2) is 47.4 Å². The quantitative estimate of drug-likeness (QED) is 0.649. The van der Waals surface area contributed by atoms with E-state index in [1.165, 1.54) is 26.4 Å². The third-order valence-electron chi connectivity index (χ3n) is 4.30. The summed E-state index contributed by atoms with van der Waals surface area (Å²) in [5.41, 5.74) is 1.44. The molecule has 0 aromatic heterocycles. The van der Waals surface area contributed by atoms with Crippen LogP contribution in [0.25, 0.3) is 0 Å². The first-order valence-electron chi connectivity index (χ1n) is 9.28. The van der Waals surface area contributed by atoms with E-state index in [1.807, 2.05) is 20.8 Å². The minimum atomic E-state index is -3.84. The van der Waals surface area contributed by atoms with Gasteiger partial charge < -0.3 is 14.8 Å². The van der Waals surface area contributed by atoms with E-state index in [1.54, 1.807) is 30.3 Å². The predicted octanol–water partition coefficient (Wildman–Crippen LogP) is 3.34. The molecule has 0 fully saturated rings. The molecule has 2 aromatic carbocycles. The fourth-order valence-electron chi connectivity index (χ4n) is 2.80. The first-order valence-corrected chi connectivity index (χ1v) is 10.8. The molecule has 0 radical (unpaired) electrons. The Balaban J connectivity index is 2.23. The molecule has 8 heteroatoms. The van der Waals surface area contributed by atoms with Crippen LogP contribution in [0.2, 0.25) is 0 Å². The van der Waals surface area contributed by atoms with Crippen molar-refractivity contribution in [3.63, 3.8) is 0 Å². The summed E-state index contributed by atoms with van der Waals surface area (Å²) in [5.74, 6) is 0.661. The van der Waals surface area contributed by atoms with Crippen LogP contribution in [-0.4, -0.2) is 34.6 Å². The first-order chi connectivity index (χ1) is 13.7. The van der Waals surface area contributed by atoms with Crippen molar-refractivity contribution in [1.82, 2.24) is 4.72 Å². The van der Waals surface area contributed by atoms with Crippen molar-refractivity contribution >= 4 is 21.6 Å². The minimum absolute atomic E-state index is 0.108. The summed E-state index contributed by atoms with van der Waals surface area (Å²) in [7, 11) is -0.815. The van der Waals surface area contributed by atoms with Crippen molar-refractivity contribution in [3.05, 3.63) is 48.0 Å². The summed E-state index contributed by atoms with van der Waals surface area (Å²) in [4.78, 5) is 13.0. The molecule has 0 aliphatic rings. The first kappa shape index (κ1) is 22.7. The number of carbonyl (C=O) groups excluding carboxylic acids is 1. The van der Waals surface area contributed by atoms with E-state index in [4.69, 9.17) is 9.47 Å². The van der Waals surface area contributed by atoms with Gasteiger partial charge in [-0.2, -0.15) is 4.72 Å². The molecular weight excluding hydrogens is 392 g/mol. The van der Waals surface area contributed by atoms with Gasteiger partial charge in [-0.1, -0.05) is 31.5 Å². The van der Waals surface area contributed by atoms with Crippen molar-refractivity contribution in [1.29, 1.82) is 0 Å². The molecule has 0 bridgehead atoms. The van der Waals surface area contributed by atoms with E-state index in [0.717, 1.165) is 5.56 Å². The van der Waals surface area contributed by atoms with E-state index in [0.29, 0.717) is 23.6 Å². The molecule has 29 heavy (non-hydrogen) atoms. The number of anilines is 1. The molecule has 0 spiro atoms. The largest absolute Gasteiger partial charge is 0.493 e. The smallest absolute Gasteiger partial charge is 0.242 e. The van der Waals surface area contributed by atoms with Crippen LogP contribution in [0, 0.1) is 12.8 Å². The Morgan fingerprint density at radius 1 is 1.00 bits per heavy atom. The molecule has 0 saturated carbocycles. The number of methoxy groups -OCH3 is 2. The lowest BCUT2D eigenvalue weighted by Crippen LogP contribution is -2.44. The van der Waals surface area contributed by atoms with Gasteiger partial charge >= 0.3 is 0 Å². The molecule has 158 valence electrons. The molecular formula is C21H28N2O5S. The van der Waals surface area contributed by atoms with E-state index in [-0.39, 0.29) is 10.8 Å². The Hall–Kier alpha value is -2.58. The zero-order chi connectivity index (χ0) is 21.6. The molecule has 2 rings (SSSR count). The number of rotatable bonds is 9. The highest BCUT2D eigenvalue weighted by atomic mass is 32.2. The molecule has 1 amide bonds. The predicted molar refractivity (Wildman–Crippen MR) is 113 cm³/mol. The Morgan fingerprint density at radius 3 is 2.17 bits per heavy atom. The molecule has 0 aliphatic carbocycles. The van der Waals surface area contributed by atoms with Gasteiger partial charge in [0.05, 0.1) is 19.1 Å². The van der Waals surface area contributed by atoms with Crippen LogP contribution >= 0.6 is 0 Å². The van der Waals surface area contributed by atoms with Crippen LogP contribution < -0.4 is 19.5 Å². The number of hydrogen-bond acceptors (Lipinski definition) is 5. The van der Waals surface area contributed by atoms with E-state index < -0.39 is 22.0 Å². The van der Waals surface area contributed by atoms with Gasteiger partial charge in [-0.25, -0.2) is 8.42 Å². The summed E-state index contributed by atoms with van der Waals surface area (Å²) in [6.07, 6.45) is 0.351. The SMILES string of the molecule is COc1ccc(NC(=O)[C@H](CC(C)C)NS(=O)(=O)c2ccc(C)cc2)cc1OC. The molecule has 2 aromatic rings. The van der Waals surface area contributed by atoms with Gasteiger partial charge in [0.15, 0.2) is 11.5 Å². The number of benzene rings is 2. The Morgan fingerprint density at radius 2 is 1.62 bits per heavy atom. The molecule has 0 aliphatic heterocycles. The van der Waals surface area contributed by atoms with E-state index >= 15 is 0 Å². The highest BCUT2D eigenvalue weighted by molar-refractivity contribution is 7.89. The summed E-state index contributed by atoms with van der Waals surface area (Å²) in [6.45, 7) is 5.73. The van der Waals surface area contributed by atoms with Crippen LogP contribution in [0.1, 0.15) is 25.8 Å². The number of sulfonamides is 1. The van der Waals surface area contributed by atoms with Gasteiger partial charge in [0, 0.05) is 11.8 Å². The summed E-state index contributed by atoms with van der Waals surface area (Å²) in [5, 5.41) is 2.76. The van der Waals surface area contributed by atoms with Crippen LogP contribution in [0.4, 0.5) is 5.69 Å². The minimum Gasteiger partial charge on any atom is -0.493 e. The molecule has 1 atom stereocenters. The maximum atomic E-state index is 12.9. The van der Waals surface area contributed by atoms with Gasteiger partial charge in [0.1, 0.15) is 6.04 Å². The van der Waals surface area contributed by atoms with Gasteiger partial charge in [-0.15, -0.1) is 0 Å². The normalized spacial score (nSPS) is 12.5. The highest BCUT2D eigenvalue weighted by Crippen LogP contribution is 2.30. The number of ether oxygens (including phenoxy) is 2. The lowest BCUT2D eigenvalue weighted by atomic mass is 10.0. The lowest BCUT2D eigenvalue weighted by molar-refractivity contribution is -0.118. The zero-order valence-corrected chi connectivity index (χ0v) is 18.2. The van der Waals surface area contributed by atoms with Crippen LogP contribution in [-0.2, 0) is 14.8 Å². The fourth-order valence-corrected chi connectivity index (χ4v) is 4.00. The van der Waals surface area contributed by atoms with Crippen molar-refractivity contribution in [3.8, 4) is 11.5 Å². The Bertz CT molecular complexity index is 940. The molecule has 0 unspecified atom stereocenters. The molecule has 2 N–H and O–H groups in total. The van der Waals surface area contributed by atoms with Gasteiger partial charge in [0.25, 0.3) is 0 Å². The maximum Gasteiger partial charge on any atom is 0.242 e. The van der Waals surface area contributed by atoms with Gasteiger partial charge in [0.2, 0.25) is 15.9 Å². The number of hydrogen-bond donors (Lipinski definition) is 2. The third kappa shape index (κ3) is 6.20. The third-order valence-corrected chi connectivity index (χ3v) is 5.79. The topological polar surface area (TPSA) is 93.7 Å². The summed E-state index contributed by atoms with van der Waals surface area (Å²) < 4.78 is 38.5. The second-order valence-corrected chi connectivity index (χ2v) is 8.89. The molecule has 0 heterocycles. The molecule has 7 nitrogen and oxygen atoms in total. The lowest BCUT2D eigenvalue weighted by Gasteiger charge is -2.20. The van der Waals surface area contributed by atoms with E-state index in [9.17, 15) is 13.2 Å². The van der Waals surface area contributed by atoms with Crippen LogP contribution in [0.5, 0.6) is 11.5 Å². The molecule has 0 saturated heterocycles. The average molecular weight is 421 g/mol. The summed E-state index contributed by atoms with van der Waals surface area (Å²) in [6, 6.07) is 10.5. The highest BCUT2D eigenvalue weighted by Gasteiger charge is 2.27. The van der Waals surface area contributed by atoms with Crippen molar-refractivity contribution in [2.75, 3.05) is 19.5 Å². The van der Waals surface area contributed by atoms with Gasteiger partial charge in [-0.05, 0) is 43.5 Å². The zero-order valence-electron chi connectivity index (χ0n) is 17.4. The Labute approximate surface area is 172 Å². The van der Waals surface area contributed by atoms with Gasteiger partial charge in [-0.3, -0.25) is 4.79 Å². The monoisotopic (exact) mass is 420 g/mol. The number of nitrogens with one attached hydrogen (secondary N) is 2. The number of aryl methyl sites for hydroxylation is 1. The fraction of sp³-hybridized carbons (Fsp3) is 0.381. The number of carbonyl (C=O) groups is 1. The second kappa shape index (κ2) is 9.76. The van der Waals surface area contributed by atoms with Crippen molar-refractivity contribution in [2.24, 2.45) is 5.92 Å². The maximum absolute atomic E-state index is 12.9. The van der Waals surface area contributed by atoms with Crippen molar-refractivity contribution in [2.45, 2.75) is 38.1 Å². The average Bonchev–Trinajstić information content (AvgIpc) is 2.67. The standard InChI is InChI=1S/C21H28N2O5S/c1-14(2)12-18(23-29(25,26)17-9-6-15(3)7-10-17)21(24)22-16-8-11-19(27-4)20(13-16)28-5/h6-11,13-14,18,23H,12H2,1-5H3,(H,22,24)/t18-/m0/s1. The van der Waals surface area contributed by atoms with E-state index in [2.05, 4.69) is 10.0 Å². The Kier molecular flexibility index (Phi) is 7.64. The summed E-state index contributed by atoms with van der Waals surface area (Å²) >= 11 is 0.